The average molecular weight is 223 g/mol. The van der Waals surface area contributed by atoms with E-state index >= 15 is 0 Å². The van der Waals surface area contributed by atoms with Gasteiger partial charge in [-0.1, -0.05) is 0 Å². The molecule has 2 heteroatoms. The van der Waals surface area contributed by atoms with E-state index in [0.29, 0.717) is 0 Å². The van der Waals surface area contributed by atoms with Gasteiger partial charge in [0.2, 0.25) is 0 Å². The van der Waals surface area contributed by atoms with Crippen LogP contribution in [0, 0.1) is 0 Å². The zero-order chi connectivity index (χ0) is 5.70. The van der Waals surface area contributed by atoms with Gasteiger partial charge in [-0.05, 0) is 0 Å². The van der Waals surface area contributed by atoms with E-state index in [1.54, 1.807) is 0 Å². The molecular weight excluding hydrogens is 211 g/mol. The van der Waals surface area contributed by atoms with Crippen LogP contribution in [0.15, 0.2) is 0 Å². The van der Waals surface area contributed by atoms with Crippen molar-refractivity contribution in [1.29, 1.82) is 0 Å². The van der Waals surface area contributed by atoms with Crippen LogP contribution < -0.4 is 0 Å². The summed E-state index contributed by atoms with van der Waals surface area (Å²) in [6.07, 6.45) is 2.71. The van der Waals surface area contributed by atoms with E-state index in [1.807, 2.05) is 0 Å². The molecular formula is C5H12SSn. The Kier molecular flexibility index (Phi) is 5.91. The third kappa shape index (κ3) is 7.02. The Balaban J connectivity index is 2.82. The van der Waals surface area contributed by atoms with E-state index in [1.165, 1.54) is 17.3 Å². The summed E-state index contributed by atoms with van der Waals surface area (Å²) in [6, 6.07) is 0. The van der Waals surface area contributed by atoms with Gasteiger partial charge in [-0.25, -0.2) is 0 Å². The first kappa shape index (κ1) is 8.02. The van der Waals surface area contributed by atoms with Gasteiger partial charge >= 0.3 is 56.2 Å². The molecule has 0 saturated carbocycles. The molecule has 0 aromatic carbocycles. The molecule has 0 aliphatic heterocycles. The van der Waals surface area contributed by atoms with E-state index in [0.717, 1.165) is 0 Å². The van der Waals surface area contributed by atoms with Gasteiger partial charge in [0.25, 0.3) is 0 Å². The second-order valence-electron chi connectivity index (χ2n) is 1.81. The van der Waals surface area contributed by atoms with Crippen molar-refractivity contribution in [3.05, 3.63) is 0 Å². The molecule has 0 aliphatic rings. The molecule has 0 aliphatic carbocycles. The van der Waals surface area contributed by atoms with Crippen molar-refractivity contribution < 1.29 is 0 Å². The molecule has 0 aromatic heterocycles. The SMILES string of the molecule is CCC[CH2][Sn]([CH3])=[S]. The molecule has 0 heterocycles. The van der Waals surface area contributed by atoms with Crippen LogP contribution in [-0.2, 0) is 0 Å². The zero-order valence-corrected chi connectivity index (χ0v) is 8.70. The van der Waals surface area contributed by atoms with E-state index in [-0.39, 0.29) is 0 Å². The second kappa shape index (κ2) is 5.16. The summed E-state index contributed by atoms with van der Waals surface area (Å²) in [5, 5.41) is 0. The molecule has 0 spiro atoms. The first-order chi connectivity index (χ1) is 3.27. The topological polar surface area (TPSA) is 0 Å². The molecule has 0 saturated heterocycles. The molecule has 0 bridgehead atoms. The Morgan fingerprint density at radius 2 is 2.14 bits per heavy atom. The van der Waals surface area contributed by atoms with Crippen molar-refractivity contribution in [2.24, 2.45) is 0 Å². The third-order valence-electron chi connectivity index (χ3n) is 0.882. The maximum atomic E-state index is 5.14. The van der Waals surface area contributed by atoms with Gasteiger partial charge in [-0.3, -0.25) is 0 Å². The van der Waals surface area contributed by atoms with Crippen molar-refractivity contribution in [1.82, 2.24) is 0 Å². The quantitative estimate of drug-likeness (QED) is 0.662. The van der Waals surface area contributed by atoms with Gasteiger partial charge in [-0.2, -0.15) is 0 Å². The van der Waals surface area contributed by atoms with Crippen LogP contribution in [0.4, 0.5) is 0 Å². The molecule has 0 unspecified atom stereocenters. The molecule has 0 amide bonds. The summed E-state index contributed by atoms with van der Waals surface area (Å²) in [6.45, 7) is 2.22. The molecule has 0 fully saturated rings. The molecule has 0 N–H and O–H groups in total. The van der Waals surface area contributed by atoms with Crippen molar-refractivity contribution >= 4 is 27.1 Å². The molecule has 0 radical (unpaired) electrons. The van der Waals surface area contributed by atoms with Crippen molar-refractivity contribution in [3.8, 4) is 0 Å². The fourth-order valence-corrected chi connectivity index (χ4v) is 3.82. The van der Waals surface area contributed by atoms with E-state index in [9.17, 15) is 0 Å². The van der Waals surface area contributed by atoms with E-state index in [2.05, 4.69) is 11.9 Å². The van der Waals surface area contributed by atoms with Crippen LogP contribution in [-0.4, -0.2) is 17.8 Å². The Labute approximate surface area is 56.2 Å². The van der Waals surface area contributed by atoms with Crippen LogP contribution >= 0.6 is 9.29 Å². The van der Waals surface area contributed by atoms with Gasteiger partial charge in [0.05, 0.1) is 0 Å². The number of hydrogen-bond donors (Lipinski definition) is 0. The van der Waals surface area contributed by atoms with Crippen LogP contribution in [0.1, 0.15) is 19.8 Å². The minimum atomic E-state index is -1.06. The van der Waals surface area contributed by atoms with Gasteiger partial charge in [0.1, 0.15) is 0 Å². The number of unbranched alkanes of at least 4 members (excludes halogenated alkanes) is 1. The van der Waals surface area contributed by atoms with Crippen LogP contribution in [0.25, 0.3) is 0 Å². The monoisotopic (exact) mass is 224 g/mol. The number of rotatable bonds is 3. The summed E-state index contributed by atoms with van der Waals surface area (Å²) in [7, 11) is 5.14. The van der Waals surface area contributed by atoms with Gasteiger partial charge in [-0.15, -0.1) is 0 Å². The van der Waals surface area contributed by atoms with Gasteiger partial charge in [0.15, 0.2) is 0 Å². The van der Waals surface area contributed by atoms with Crippen LogP contribution in [0.3, 0.4) is 0 Å². The normalized spacial score (nSPS) is 8.86. The molecule has 0 nitrogen and oxygen atoms in total. The van der Waals surface area contributed by atoms with Gasteiger partial charge in [0, 0.05) is 0 Å². The zero-order valence-electron chi connectivity index (χ0n) is 5.03. The first-order valence-corrected chi connectivity index (χ1v) is 11.5. The Morgan fingerprint density at radius 3 is 2.29 bits per heavy atom. The summed E-state index contributed by atoms with van der Waals surface area (Å²) in [5.41, 5.74) is 0. The standard InChI is InChI=1S/C4H9.CH3.S.Sn/c1-3-4-2;;;/h1,3-4H2,2H3;1H3;;. The summed E-state index contributed by atoms with van der Waals surface area (Å²) >= 11 is -1.06. The summed E-state index contributed by atoms with van der Waals surface area (Å²) < 4.78 is 1.41. The van der Waals surface area contributed by atoms with Crippen molar-refractivity contribution in [2.45, 2.75) is 29.1 Å². The summed E-state index contributed by atoms with van der Waals surface area (Å²) in [4.78, 5) is 2.28. The Morgan fingerprint density at radius 1 is 1.57 bits per heavy atom. The van der Waals surface area contributed by atoms with Gasteiger partial charge < -0.3 is 0 Å². The van der Waals surface area contributed by atoms with E-state index < -0.39 is 17.8 Å². The maximum absolute atomic E-state index is 5.14. The molecule has 42 valence electrons. The molecule has 7 heavy (non-hydrogen) atoms. The fraction of sp³-hybridized carbons (Fsp3) is 1.00. The van der Waals surface area contributed by atoms with Crippen molar-refractivity contribution in [2.75, 3.05) is 0 Å². The van der Waals surface area contributed by atoms with Crippen molar-refractivity contribution in [3.63, 3.8) is 0 Å². The predicted molar refractivity (Wildman–Crippen MR) is 38.9 cm³/mol. The molecule has 0 rings (SSSR count). The van der Waals surface area contributed by atoms with Crippen LogP contribution in [0.5, 0.6) is 0 Å². The van der Waals surface area contributed by atoms with Crippen LogP contribution in [0.2, 0.25) is 9.38 Å². The fourth-order valence-electron chi connectivity index (χ4n) is 0.426. The molecule has 0 aromatic rings. The minimum absolute atomic E-state index is 1.06. The molecule has 0 atom stereocenters. The van der Waals surface area contributed by atoms with E-state index in [4.69, 9.17) is 9.29 Å². The average Bonchev–Trinajstić information content (AvgIpc) is 1.61. The Hall–Kier alpha value is 1.02. The first-order valence-electron chi connectivity index (χ1n) is 2.76. The third-order valence-corrected chi connectivity index (χ3v) is 5.27. The summed E-state index contributed by atoms with van der Waals surface area (Å²) in [5.74, 6) is 0. The second-order valence-corrected chi connectivity index (χ2v) is 11.9. The Bertz CT molecular complexity index is 61.1. The predicted octanol–water partition coefficient (Wildman–Crippen LogP) is 2.61. The number of hydrogen-bond acceptors (Lipinski definition) is 1.